The highest BCUT2D eigenvalue weighted by Crippen LogP contribution is 2.21. The van der Waals surface area contributed by atoms with Gasteiger partial charge in [0.1, 0.15) is 12.1 Å². The number of halogens is 1. The maximum atomic E-state index is 13.0. The van der Waals surface area contributed by atoms with Crippen LogP contribution in [0.5, 0.6) is 0 Å². The van der Waals surface area contributed by atoms with Crippen molar-refractivity contribution in [3.05, 3.63) is 78.6 Å². The van der Waals surface area contributed by atoms with E-state index in [1.807, 2.05) is 6.20 Å². The Kier molecular flexibility index (Phi) is 5.32. The van der Waals surface area contributed by atoms with Gasteiger partial charge in [0.25, 0.3) is 5.78 Å². The molecule has 148 valence electrons. The summed E-state index contributed by atoms with van der Waals surface area (Å²) in [6, 6.07) is 12.6. The molecule has 0 radical (unpaired) electrons. The van der Waals surface area contributed by atoms with Gasteiger partial charge >= 0.3 is 0 Å². The van der Waals surface area contributed by atoms with Crippen LogP contribution in [0.25, 0.3) is 16.9 Å². The fraction of sp³-hybridized carbons (Fsp3) is 0.150. The number of sulfonamides is 1. The van der Waals surface area contributed by atoms with E-state index in [1.165, 1.54) is 18.5 Å². The maximum Gasteiger partial charge on any atom is 0.252 e. The molecule has 0 spiro atoms. The summed E-state index contributed by atoms with van der Waals surface area (Å²) in [6.07, 6.45) is 6.26. The van der Waals surface area contributed by atoms with E-state index in [2.05, 4.69) is 19.8 Å². The van der Waals surface area contributed by atoms with Crippen molar-refractivity contribution in [2.24, 2.45) is 0 Å². The minimum Gasteiger partial charge on any atom is -0.219 e. The Morgan fingerprint density at radius 1 is 0.966 bits per heavy atom. The van der Waals surface area contributed by atoms with Crippen LogP contribution >= 0.6 is 0 Å². The number of hydrogen-bond donors (Lipinski definition) is 1. The Hall–Kier alpha value is -3.17. The molecule has 2 aromatic heterocycles. The van der Waals surface area contributed by atoms with E-state index >= 15 is 0 Å². The molecule has 4 rings (SSSR count). The van der Waals surface area contributed by atoms with Crippen LogP contribution in [-0.4, -0.2) is 34.5 Å². The summed E-state index contributed by atoms with van der Waals surface area (Å²) >= 11 is 0. The predicted molar refractivity (Wildman–Crippen MR) is 106 cm³/mol. The van der Waals surface area contributed by atoms with Crippen molar-refractivity contribution in [1.82, 2.24) is 24.3 Å². The third-order valence-electron chi connectivity index (χ3n) is 4.46. The lowest BCUT2D eigenvalue weighted by Gasteiger charge is -2.08. The molecular weight excluding hydrogens is 393 g/mol. The molecule has 0 unspecified atom stereocenters. The van der Waals surface area contributed by atoms with Gasteiger partial charge in [-0.3, -0.25) is 0 Å². The number of rotatable bonds is 7. The van der Waals surface area contributed by atoms with Gasteiger partial charge in [-0.2, -0.15) is 10.1 Å². The van der Waals surface area contributed by atoms with E-state index in [0.29, 0.717) is 25.2 Å². The highest BCUT2D eigenvalue weighted by Gasteiger charge is 2.13. The number of hydrogen-bond acceptors (Lipinski definition) is 5. The molecule has 1 N–H and O–H groups in total. The smallest absolute Gasteiger partial charge is 0.219 e. The second kappa shape index (κ2) is 8.06. The summed E-state index contributed by atoms with van der Waals surface area (Å²) in [6.45, 7) is 0.303. The quantitative estimate of drug-likeness (QED) is 0.473. The summed E-state index contributed by atoms with van der Waals surface area (Å²) in [5.41, 5.74) is 2.59. The molecule has 0 aliphatic heterocycles. The topological polar surface area (TPSA) is 89.2 Å². The molecule has 2 aromatic carbocycles. The van der Waals surface area contributed by atoms with Gasteiger partial charge in [-0.1, -0.05) is 24.3 Å². The van der Waals surface area contributed by atoms with Crippen molar-refractivity contribution in [3.63, 3.8) is 0 Å². The molecule has 2 heterocycles. The van der Waals surface area contributed by atoms with Crippen molar-refractivity contribution in [3.8, 4) is 11.1 Å². The highest BCUT2D eigenvalue weighted by molar-refractivity contribution is 7.89. The lowest BCUT2D eigenvalue weighted by Crippen LogP contribution is -2.25. The second-order valence-corrected chi connectivity index (χ2v) is 8.27. The average molecular weight is 411 g/mol. The van der Waals surface area contributed by atoms with Gasteiger partial charge in [-0.15, -0.1) is 0 Å². The minimum absolute atomic E-state index is 0.189. The second-order valence-electron chi connectivity index (χ2n) is 6.50. The molecule has 0 saturated heterocycles. The molecule has 0 aliphatic carbocycles. The van der Waals surface area contributed by atoms with Gasteiger partial charge in [0.05, 0.1) is 4.90 Å². The predicted octanol–water partition coefficient (Wildman–Crippen LogP) is 2.84. The first-order valence-corrected chi connectivity index (χ1v) is 10.5. The lowest BCUT2D eigenvalue weighted by molar-refractivity contribution is 0.579. The van der Waals surface area contributed by atoms with E-state index in [4.69, 9.17) is 0 Å². The van der Waals surface area contributed by atoms with Gasteiger partial charge < -0.3 is 0 Å². The summed E-state index contributed by atoms with van der Waals surface area (Å²) in [5.74, 6) is 0.215. The third kappa shape index (κ3) is 4.47. The van der Waals surface area contributed by atoms with Crippen molar-refractivity contribution in [1.29, 1.82) is 0 Å². The number of benzene rings is 2. The summed E-state index contributed by atoms with van der Waals surface area (Å²) < 4.78 is 42.2. The number of nitrogens with one attached hydrogen (secondary N) is 1. The van der Waals surface area contributed by atoms with E-state index in [9.17, 15) is 12.8 Å². The average Bonchev–Trinajstić information content (AvgIpc) is 3.20. The van der Waals surface area contributed by atoms with E-state index in [1.54, 1.807) is 47.1 Å². The zero-order chi connectivity index (χ0) is 20.3. The van der Waals surface area contributed by atoms with Crippen LogP contribution in [-0.2, 0) is 16.4 Å². The van der Waals surface area contributed by atoms with Crippen molar-refractivity contribution >= 4 is 15.8 Å². The molecule has 0 amide bonds. The molecule has 0 atom stereocenters. The molecular formula is C20H18FN5O2S. The van der Waals surface area contributed by atoms with Crippen molar-refractivity contribution in [2.75, 3.05) is 6.54 Å². The molecule has 29 heavy (non-hydrogen) atoms. The van der Waals surface area contributed by atoms with E-state index < -0.39 is 10.0 Å². The van der Waals surface area contributed by atoms with Crippen molar-refractivity contribution in [2.45, 2.75) is 17.7 Å². The molecule has 9 heteroatoms. The molecule has 0 saturated carbocycles. The highest BCUT2D eigenvalue weighted by atomic mass is 32.2. The lowest BCUT2D eigenvalue weighted by atomic mass is 10.1. The number of nitrogens with zero attached hydrogens (tertiary/aromatic N) is 4. The fourth-order valence-corrected chi connectivity index (χ4v) is 4.01. The molecule has 4 aromatic rings. The van der Waals surface area contributed by atoms with Gasteiger partial charge in [0, 0.05) is 18.9 Å². The van der Waals surface area contributed by atoms with Crippen LogP contribution in [0, 0.1) is 5.82 Å². The van der Waals surface area contributed by atoms with E-state index in [0.717, 1.165) is 16.7 Å². The minimum atomic E-state index is -3.60. The summed E-state index contributed by atoms with van der Waals surface area (Å²) in [7, 11) is -3.60. The van der Waals surface area contributed by atoms with Crippen LogP contribution in [0.1, 0.15) is 12.0 Å². The molecule has 7 nitrogen and oxygen atoms in total. The SMILES string of the molecule is O=S(=O)(NCCCc1cnc2ncnn2c1)c1ccc(-c2ccc(F)cc2)cc1. The normalized spacial score (nSPS) is 11.8. The Morgan fingerprint density at radius 2 is 1.66 bits per heavy atom. The number of aryl methyl sites for hydroxylation is 1. The standard InChI is InChI=1S/C20H18FN5O2S/c21-18-7-3-16(4-8-18)17-5-9-19(10-6-17)29(27,28)25-11-1-2-15-12-22-20-23-14-24-26(20)13-15/h3-10,12-14,25H,1-2,11H2. The number of aromatic nitrogens is 4. The summed E-state index contributed by atoms with van der Waals surface area (Å²) in [4.78, 5) is 8.36. The van der Waals surface area contributed by atoms with Crippen LogP contribution < -0.4 is 4.72 Å². The Balaban J connectivity index is 1.35. The van der Waals surface area contributed by atoms with Crippen LogP contribution in [0.2, 0.25) is 0 Å². The van der Waals surface area contributed by atoms with Gasteiger partial charge in [0.2, 0.25) is 10.0 Å². The zero-order valence-electron chi connectivity index (χ0n) is 15.4. The molecule has 0 bridgehead atoms. The summed E-state index contributed by atoms with van der Waals surface area (Å²) in [5, 5.41) is 4.03. The first kappa shape index (κ1) is 19.2. The van der Waals surface area contributed by atoms with Crippen LogP contribution in [0.4, 0.5) is 4.39 Å². The first-order chi connectivity index (χ1) is 14.0. The van der Waals surface area contributed by atoms with Crippen LogP contribution in [0.15, 0.2) is 72.1 Å². The number of fused-ring (bicyclic) bond motifs is 1. The Bertz CT molecular complexity index is 1220. The maximum absolute atomic E-state index is 13.0. The van der Waals surface area contributed by atoms with Crippen LogP contribution in [0.3, 0.4) is 0 Å². The van der Waals surface area contributed by atoms with Gasteiger partial charge in [-0.25, -0.2) is 27.0 Å². The zero-order valence-corrected chi connectivity index (χ0v) is 16.2. The Morgan fingerprint density at radius 3 is 2.38 bits per heavy atom. The Labute approximate surface area is 167 Å². The largest absolute Gasteiger partial charge is 0.252 e. The fourth-order valence-electron chi connectivity index (χ4n) is 2.94. The van der Waals surface area contributed by atoms with Crippen molar-refractivity contribution < 1.29 is 12.8 Å². The molecule has 0 fully saturated rings. The molecule has 0 aliphatic rings. The first-order valence-electron chi connectivity index (χ1n) is 9.01. The van der Waals surface area contributed by atoms with Gasteiger partial charge in [-0.05, 0) is 53.8 Å². The third-order valence-corrected chi connectivity index (χ3v) is 5.94. The van der Waals surface area contributed by atoms with Gasteiger partial charge in [0.15, 0.2) is 0 Å². The van der Waals surface area contributed by atoms with E-state index in [-0.39, 0.29) is 10.7 Å². The monoisotopic (exact) mass is 411 g/mol.